The maximum atomic E-state index is 12.9. The largest absolute Gasteiger partial charge is 0.408 e. The van der Waals surface area contributed by atoms with Crippen molar-refractivity contribution in [3.8, 4) is 11.8 Å². The van der Waals surface area contributed by atoms with Gasteiger partial charge in [0.25, 0.3) is 0 Å². The molecule has 35 heavy (non-hydrogen) atoms. The third kappa shape index (κ3) is 5.43. The first-order valence-electron chi connectivity index (χ1n) is 10.9. The Morgan fingerprint density at radius 3 is 2.60 bits per heavy atom. The highest BCUT2D eigenvalue weighted by atomic mass is 16.7. The highest BCUT2D eigenvalue weighted by molar-refractivity contribution is 5.89. The monoisotopic (exact) mass is 467 g/mol. The number of benzene rings is 2. The van der Waals surface area contributed by atoms with E-state index >= 15 is 0 Å². The number of urea groups is 1. The Labute approximate surface area is 201 Å². The van der Waals surface area contributed by atoms with Gasteiger partial charge in [0, 0.05) is 37.0 Å². The van der Waals surface area contributed by atoms with Gasteiger partial charge in [-0.1, -0.05) is 53.3 Å². The van der Waals surface area contributed by atoms with Crippen molar-refractivity contribution in [2.24, 2.45) is 0 Å². The molecule has 5 rings (SSSR count). The Bertz CT molecular complexity index is 1380. The normalized spacial score (nSPS) is 14.8. The lowest BCUT2D eigenvalue weighted by molar-refractivity contribution is -0.0829. The van der Waals surface area contributed by atoms with E-state index in [4.69, 9.17) is 9.25 Å². The number of nitrogens with zero attached hydrogens (tertiary/aromatic N) is 5. The van der Waals surface area contributed by atoms with Gasteiger partial charge in [-0.2, -0.15) is 5.06 Å². The first kappa shape index (κ1) is 22.1. The number of carbonyl (C=O) groups excluding carboxylic acids is 1. The minimum atomic E-state index is -0.325. The first-order valence-corrected chi connectivity index (χ1v) is 10.9. The van der Waals surface area contributed by atoms with Crippen molar-refractivity contribution in [1.29, 1.82) is 0 Å². The van der Waals surface area contributed by atoms with Crippen LogP contribution in [0.4, 0.5) is 22.4 Å². The van der Waals surface area contributed by atoms with E-state index in [1.54, 1.807) is 31.5 Å². The molecule has 10 heteroatoms. The third-order valence-corrected chi connectivity index (χ3v) is 5.15. The lowest BCUT2D eigenvalue weighted by Crippen LogP contribution is -2.33. The molecule has 1 aliphatic heterocycles. The summed E-state index contributed by atoms with van der Waals surface area (Å²) in [4.78, 5) is 26.9. The Balaban J connectivity index is 1.23. The van der Waals surface area contributed by atoms with Gasteiger partial charge in [-0.05, 0) is 23.8 Å². The van der Waals surface area contributed by atoms with E-state index in [0.717, 1.165) is 17.5 Å². The smallest absolute Gasteiger partial charge is 0.346 e. The van der Waals surface area contributed by atoms with Crippen LogP contribution in [0.25, 0.3) is 0 Å². The van der Waals surface area contributed by atoms with E-state index in [2.05, 4.69) is 42.6 Å². The SMILES string of the molecule is Cc1nnc(Nc2ncc(C#Cc3cccc(NC(=O)N4OCC[C@H]4c4ccccc4)c3)cn2)o1. The van der Waals surface area contributed by atoms with Crippen LogP contribution in [0, 0.1) is 18.8 Å². The first-order chi connectivity index (χ1) is 17.1. The van der Waals surface area contributed by atoms with E-state index in [0.29, 0.717) is 29.7 Å². The van der Waals surface area contributed by atoms with Crippen LogP contribution >= 0.6 is 0 Å². The van der Waals surface area contributed by atoms with Crippen molar-refractivity contribution in [3.63, 3.8) is 0 Å². The number of amides is 2. The molecule has 174 valence electrons. The molecule has 2 aromatic heterocycles. The topological polar surface area (TPSA) is 118 Å². The zero-order valence-electron chi connectivity index (χ0n) is 18.8. The van der Waals surface area contributed by atoms with Gasteiger partial charge in [0.1, 0.15) is 0 Å². The molecule has 0 aliphatic carbocycles. The van der Waals surface area contributed by atoms with Crippen molar-refractivity contribution in [3.05, 3.63) is 89.6 Å². The van der Waals surface area contributed by atoms with Crippen LogP contribution in [0.3, 0.4) is 0 Å². The second-order valence-corrected chi connectivity index (χ2v) is 7.68. The average molecular weight is 467 g/mol. The average Bonchev–Trinajstić information content (AvgIpc) is 3.54. The fourth-order valence-electron chi connectivity index (χ4n) is 3.54. The van der Waals surface area contributed by atoms with Gasteiger partial charge in [0.05, 0.1) is 18.2 Å². The van der Waals surface area contributed by atoms with E-state index < -0.39 is 0 Å². The number of rotatable bonds is 4. The molecular weight excluding hydrogens is 446 g/mol. The second-order valence-electron chi connectivity index (χ2n) is 7.68. The summed E-state index contributed by atoms with van der Waals surface area (Å²) in [6.45, 7) is 2.18. The van der Waals surface area contributed by atoms with Crippen LogP contribution in [0.1, 0.15) is 35.0 Å². The third-order valence-electron chi connectivity index (χ3n) is 5.15. The Hall–Kier alpha value is -4.75. The summed E-state index contributed by atoms with van der Waals surface area (Å²) in [5.74, 6) is 6.85. The molecule has 0 saturated carbocycles. The van der Waals surface area contributed by atoms with E-state index in [1.807, 2.05) is 42.5 Å². The molecule has 10 nitrogen and oxygen atoms in total. The molecule has 3 heterocycles. The number of aromatic nitrogens is 4. The van der Waals surface area contributed by atoms with E-state index in [1.165, 1.54) is 5.06 Å². The molecule has 0 radical (unpaired) electrons. The molecule has 0 spiro atoms. The summed E-state index contributed by atoms with van der Waals surface area (Å²) >= 11 is 0. The van der Waals surface area contributed by atoms with Crippen LogP contribution in [0.2, 0.25) is 0 Å². The predicted molar refractivity (Wildman–Crippen MR) is 127 cm³/mol. The summed E-state index contributed by atoms with van der Waals surface area (Å²) in [7, 11) is 0. The Morgan fingerprint density at radius 2 is 1.83 bits per heavy atom. The molecule has 0 unspecified atom stereocenters. The van der Waals surface area contributed by atoms with E-state index in [9.17, 15) is 4.79 Å². The van der Waals surface area contributed by atoms with Gasteiger partial charge in [0.15, 0.2) is 0 Å². The van der Waals surface area contributed by atoms with Crippen molar-refractivity contribution in [2.75, 3.05) is 17.2 Å². The van der Waals surface area contributed by atoms with Crippen LogP contribution in [0.15, 0.2) is 71.4 Å². The molecule has 0 bridgehead atoms. The van der Waals surface area contributed by atoms with Crippen molar-refractivity contribution in [2.45, 2.75) is 19.4 Å². The standard InChI is InChI=1S/C25H21N7O3/c1-17-30-31-24(35-17)29-23-26-15-19(16-27-23)11-10-18-6-5-9-21(14-18)28-25(33)32-22(12-13-34-32)20-7-3-2-4-8-20/h2-9,14-16,22H,12-13H2,1H3,(H,28,33)(H,26,27,29,31)/t22-/m0/s1. The van der Waals surface area contributed by atoms with Gasteiger partial charge in [-0.3, -0.25) is 10.2 Å². The Morgan fingerprint density at radius 1 is 1.03 bits per heavy atom. The van der Waals surface area contributed by atoms with Gasteiger partial charge >= 0.3 is 12.0 Å². The van der Waals surface area contributed by atoms with Crippen molar-refractivity contribution < 1.29 is 14.0 Å². The molecular formula is C25H21N7O3. The highest BCUT2D eigenvalue weighted by Gasteiger charge is 2.31. The number of aryl methyl sites for hydroxylation is 1. The quantitative estimate of drug-likeness (QED) is 0.428. The van der Waals surface area contributed by atoms with Gasteiger partial charge in [-0.15, -0.1) is 5.10 Å². The molecule has 1 saturated heterocycles. The van der Waals surface area contributed by atoms with Crippen LogP contribution in [-0.2, 0) is 4.84 Å². The summed E-state index contributed by atoms with van der Waals surface area (Å²) in [6, 6.07) is 16.9. The number of nitrogens with one attached hydrogen (secondary N) is 2. The number of hydrogen-bond acceptors (Lipinski definition) is 8. The predicted octanol–water partition coefficient (Wildman–Crippen LogP) is 4.22. The van der Waals surface area contributed by atoms with Gasteiger partial charge < -0.3 is 9.73 Å². The molecule has 2 amide bonds. The van der Waals surface area contributed by atoms with Crippen LogP contribution < -0.4 is 10.6 Å². The highest BCUT2D eigenvalue weighted by Crippen LogP contribution is 2.30. The molecule has 1 atom stereocenters. The fraction of sp³-hybridized carbons (Fsp3) is 0.160. The number of hydrogen-bond donors (Lipinski definition) is 2. The Kier molecular flexibility index (Phi) is 6.32. The van der Waals surface area contributed by atoms with Crippen LogP contribution in [-0.4, -0.2) is 37.9 Å². The van der Waals surface area contributed by atoms with Gasteiger partial charge in [-0.25, -0.2) is 14.8 Å². The van der Waals surface area contributed by atoms with Crippen LogP contribution in [0.5, 0.6) is 0 Å². The van der Waals surface area contributed by atoms with E-state index in [-0.39, 0.29) is 18.1 Å². The zero-order chi connectivity index (χ0) is 24.0. The minimum Gasteiger partial charge on any atom is -0.408 e. The minimum absolute atomic E-state index is 0.125. The maximum absolute atomic E-state index is 12.9. The lowest BCUT2D eigenvalue weighted by Gasteiger charge is -2.23. The number of hydroxylamine groups is 2. The second kappa shape index (κ2) is 10.0. The van der Waals surface area contributed by atoms with Crippen molar-refractivity contribution >= 4 is 23.7 Å². The molecule has 4 aromatic rings. The maximum Gasteiger partial charge on any atom is 0.346 e. The van der Waals surface area contributed by atoms with Gasteiger partial charge in [0.2, 0.25) is 11.8 Å². The summed E-state index contributed by atoms with van der Waals surface area (Å²) in [5, 5.41) is 14.7. The fourth-order valence-corrected chi connectivity index (χ4v) is 3.54. The molecule has 1 aliphatic rings. The summed E-state index contributed by atoms with van der Waals surface area (Å²) < 4.78 is 5.24. The number of carbonyl (C=O) groups is 1. The summed E-state index contributed by atoms with van der Waals surface area (Å²) in [5.41, 5.74) is 3.02. The zero-order valence-corrected chi connectivity index (χ0v) is 18.8. The molecule has 1 fully saturated rings. The van der Waals surface area contributed by atoms with Crippen molar-refractivity contribution in [1.82, 2.24) is 25.2 Å². The molecule has 2 aromatic carbocycles. The number of anilines is 3. The summed E-state index contributed by atoms with van der Waals surface area (Å²) in [6.07, 6.45) is 3.92. The molecule has 2 N–H and O–H groups in total. The lowest BCUT2D eigenvalue weighted by atomic mass is 10.1.